The molecular weight excluding hydrogens is 502 g/mol. The van der Waals surface area contributed by atoms with Crippen LogP contribution in [0.2, 0.25) is 0 Å². The summed E-state index contributed by atoms with van der Waals surface area (Å²) >= 11 is 0. The fourth-order valence-corrected chi connectivity index (χ4v) is 4.51. The van der Waals surface area contributed by atoms with Crippen LogP contribution in [0.15, 0.2) is 82.6 Å². The molecule has 4 aromatic rings. The molecule has 0 saturated heterocycles. The third-order valence-corrected chi connectivity index (χ3v) is 6.57. The highest BCUT2D eigenvalue weighted by Gasteiger charge is 2.30. The average Bonchev–Trinajstić information content (AvgIpc) is 2.82. The number of halogens is 4. The summed E-state index contributed by atoms with van der Waals surface area (Å²) in [4.78, 5) is 27.8. The molecule has 36 heavy (non-hydrogen) atoms. The van der Waals surface area contributed by atoms with Crippen molar-refractivity contribution in [1.29, 1.82) is 0 Å². The van der Waals surface area contributed by atoms with Gasteiger partial charge < -0.3 is 10.3 Å². The number of amides is 1. The Hall–Kier alpha value is -4.19. The molecule has 0 aliphatic heterocycles. The summed E-state index contributed by atoms with van der Waals surface area (Å²) < 4.78 is 79.9. The number of alkyl halides is 3. The van der Waals surface area contributed by atoms with Crippen molar-refractivity contribution in [1.82, 2.24) is 10.3 Å². The fourth-order valence-electron chi connectivity index (χ4n) is 3.43. The van der Waals surface area contributed by atoms with Crippen LogP contribution >= 0.6 is 0 Å². The van der Waals surface area contributed by atoms with Crippen LogP contribution in [0, 0.1) is 5.82 Å². The number of rotatable bonds is 6. The molecule has 12 heteroatoms. The first kappa shape index (κ1) is 24.9. The van der Waals surface area contributed by atoms with E-state index in [1.54, 1.807) is 6.07 Å². The van der Waals surface area contributed by atoms with E-state index in [1.165, 1.54) is 30.5 Å². The number of aromatic amines is 1. The molecule has 0 atom stereocenters. The zero-order valence-electron chi connectivity index (χ0n) is 18.2. The predicted octanol–water partition coefficient (Wildman–Crippen LogP) is 4.42. The van der Waals surface area contributed by atoms with Gasteiger partial charge in [-0.15, -0.1) is 0 Å². The number of aromatic nitrogens is 1. The average molecular weight is 519 g/mol. The Bertz CT molecular complexity index is 1630. The van der Waals surface area contributed by atoms with Crippen molar-refractivity contribution < 1.29 is 30.8 Å². The van der Waals surface area contributed by atoms with Crippen LogP contribution in [0.4, 0.5) is 23.2 Å². The maximum absolute atomic E-state index is 13.3. The molecule has 1 heterocycles. The molecule has 4 rings (SSSR count). The third-order valence-electron chi connectivity index (χ3n) is 5.19. The number of hydrogen-bond acceptors (Lipinski definition) is 4. The van der Waals surface area contributed by atoms with Gasteiger partial charge in [-0.25, -0.2) is 12.8 Å². The van der Waals surface area contributed by atoms with Crippen LogP contribution in [0.3, 0.4) is 0 Å². The number of pyridine rings is 1. The lowest BCUT2D eigenvalue weighted by Gasteiger charge is -2.12. The molecule has 0 unspecified atom stereocenters. The topological polar surface area (TPSA) is 108 Å². The van der Waals surface area contributed by atoms with Crippen molar-refractivity contribution in [3.63, 3.8) is 0 Å². The summed E-state index contributed by atoms with van der Waals surface area (Å²) in [5, 5.41) is 2.37. The van der Waals surface area contributed by atoms with Crippen LogP contribution in [0.25, 0.3) is 10.9 Å². The largest absolute Gasteiger partial charge is 0.416 e. The minimum atomic E-state index is -4.66. The molecule has 1 amide bonds. The number of H-pyrrole nitrogens is 1. The molecule has 0 bridgehead atoms. The van der Waals surface area contributed by atoms with Crippen LogP contribution in [-0.2, 0) is 22.7 Å². The summed E-state index contributed by atoms with van der Waals surface area (Å²) in [6, 6.07) is 12.7. The molecule has 0 aliphatic rings. The van der Waals surface area contributed by atoms with Gasteiger partial charge in [0.25, 0.3) is 15.9 Å². The van der Waals surface area contributed by atoms with Gasteiger partial charge in [-0.3, -0.25) is 14.3 Å². The van der Waals surface area contributed by atoms with Gasteiger partial charge in [0.05, 0.1) is 10.5 Å². The number of fused-ring (bicyclic) bond motifs is 1. The van der Waals surface area contributed by atoms with E-state index in [2.05, 4.69) is 15.0 Å². The molecule has 0 spiro atoms. The Morgan fingerprint density at radius 2 is 1.72 bits per heavy atom. The molecule has 0 aliphatic carbocycles. The standard InChI is InChI=1S/C24H17F4N3O4S/c25-16-5-1-3-14(9-16)12-30-23(33)20-13-29-21-8-7-18(11-19(21)22(20)32)36(34,35)31-17-6-2-4-15(10-17)24(26,27)28/h1-11,13,31H,12H2,(H,29,32)(H,30,33). The predicted molar refractivity (Wildman–Crippen MR) is 124 cm³/mol. The van der Waals surface area contributed by atoms with E-state index in [1.807, 2.05) is 0 Å². The van der Waals surface area contributed by atoms with E-state index in [4.69, 9.17) is 0 Å². The van der Waals surface area contributed by atoms with Gasteiger partial charge in [0.1, 0.15) is 11.4 Å². The number of carbonyl (C=O) groups excluding carboxylic acids is 1. The maximum Gasteiger partial charge on any atom is 0.416 e. The molecule has 0 fully saturated rings. The lowest BCUT2D eigenvalue weighted by atomic mass is 10.1. The molecule has 0 saturated carbocycles. The number of benzene rings is 3. The summed E-state index contributed by atoms with van der Waals surface area (Å²) in [6.07, 6.45) is -3.50. The van der Waals surface area contributed by atoms with Crippen molar-refractivity contribution in [2.24, 2.45) is 0 Å². The monoisotopic (exact) mass is 519 g/mol. The second-order valence-electron chi connectivity index (χ2n) is 7.74. The molecule has 7 nitrogen and oxygen atoms in total. The van der Waals surface area contributed by atoms with Gasteiger partial charge in [-0.05, 0) is 54.1 Å². The lowest BCUT2D eigenvalue weighted by molar-refractivity contribution is -0.137. The molecule has 0 radical (unpaired) electrons. The highest BCUT2D eigenvalue weighted by atomic mass is 32.2. The Kier molecular flexibility index (Phi) is 6.55. The maximum atomic E-state index is 13.3. The van der Waals surface area contributed by atoms with Crippen molar-refractivity contribution in [2.75, 3.05) is 4.72 Å². The van der Waals surface area contributed by atoms with Crippen molar-refractivity contribution in [3.8, 4) is 0 Å². The first-order chi connectivity index (χ1) is 16.9. The number of carbonyl (C=O) groups is 1. The number of anilines is 1. The summed E-state index contributed by atoms with van der Waals surface area (Å²) in [5.41, 5.74) is -1.72. The van der Waals surface area contributed by atoms with Gasteiger partial charge in [0, 0.05) is 29.3 Å². The van der Waals surface area contributed by atoms with E-state index in [9.17, 15) is 35.6 Å². The summed E-state index contributed by atoms with van der Waals surface area (Å²) in [6.45, 7) is -0.0522. The second-order valence-corrected chi connectivity index (χ2v) is 9.42. The summed E-state index contributed by atoms with van der Waals surface area (Å²) in [7, 11) is -4.37. The van der Waals surface area contributed by atoms with E-state index in [-0.39, 0.29) is 28.7 Å². The Morgan fingerprint density at radius 3 is 2.44 bits per heavy atom. The normalized spacial score (nSPS) is 11.9. The molecule has 3 N–H and O–H groups in total. The molecule has 1 aromatic heterocycles. The molecular formula is C24H17F4N3O4S. The zero-order valence-corrected chi connectivity index (χ0v) is 19.0. The van der Waals surface area contributed by atoms with Gasteiger partial charge in [0.2, 0.25) is 5.43 Å². The van der Waals surface area contributed by atoms with Crippen molar-refractivity contribution >= 4 is 32.5 Å². The SMILES string of the molecule is O=C(NCc1cccc(F)c1)c1c[nH]c2ccc(S(=O)(=O)Nc3cccc(C(F)(F)F)c3)cc2c1=O. The van der Waals surface area contributed by atoms with Gasteiger partial charge >= 0.3 is 6.18 Å². The highest BCUT2D eigenvalue weighted by Crippen LogP contribution is 2.31. The third kappa shape index (κ3) is 5.38. The van der Waals surface area contributed by atoms with Crippen LogP contribution < -0.4 is 15.5 Å². The van der Waals surface area contributed by atoms with Crippen molar-refractivity contribution in [3.05, 3.63) is 106 Å². The quantitative estimate of drug-likeness (QED) is 0.328. The Labute approximate surface area is 201 Å². The smallest absolute Gasteiger partial charge is 0.360 e. The highest BCUT2D eigenvalue weighted by molar-refractivity contribution is 7.92. The van der Waals surface area contributed by atoms with Crippen LogP contribution in [0.1, 0.15) is 21.5 Å². The first-order valence-corrected chi connectivity index (χ1v) is 11.8. The van der Waals surface area contributed by atoms with Crippen molar-refractivity contribution in [2.45, 2.75) is 17.6 Å². The zero-order chi connectivity index (χ0) is 26.1. The van der Waals surface area contributed by atoms with E-state index >= 15 is 0 Å². The lowest BCUT2D eigenvalue weighted by Crippen LogP contribution is -2.28. The minimum absolute atomic E-state index is 0.0522. The minimum Gasteiger partial charge on any atom is -0.360 e. The second kappa shape index (κ2) is 9.46. The Balaban J connectivity index is 1.62. The summed E-state index contributed by atoms with van der Waals surface area (Å²) in [5.74, 6) is -1.25. The number of nitrogens with one attached hydrogen (secondary N) is 3. The molecule has 186 valence electrons. The van der Waals surface area contributed by atoms with Crippen LogP contribution in [0.5, 0.6) is 0 Å². The Morgan fingerprint density at radius 1 is 0.972 bits per heavy atom. The van der Waals surface area contributed by atoms with Gasteiger partial charge in [-0.1, -0.05) is 18.2 Å². The van der Waals surface area contributed by atoms with E-state index in [0.717, 1.165) is 30.3 Å². The van der Waals surface area contributed by atoms with E-state index in [0.29, 0.717) is 11.6 Å². The van der Waals surface area contributed by atoms with Gasteiger partial charge in [-0.2, -0.15) is 13.2 Å². The molecule has 3 aromatic carbocycles. The van der Waals surface area contributed by atoms with Crippen LogP contribution in [-0.4, -0.2) is 19.3 Å². The first-order valence-electron chi connectivity index (χ1n) is 10.3. The van der Waals surface area contributed by atoms with E-state index < -0.39 is 43.8 Å². The number of hydrogen-bond donors (Lipinski definition) is 3. The number of sulfonamides is 1. The fraction of sp³-hybridized carbons (Fsp3) is 0.0833. The van der Waals surface area contributed by atoms with Gasteiger partial charge in [0.15, 0.2) is 0 Å².